The first-order valence-electron chi connectivity index (χ1n) is 6.90. The molecule has 0 aromatic carbocycles. The maximum Gasteiger partial charge on any atom is 0.191 e. The van der Waals surface area contributed by atoms with Gasteiger partial charge in [-0.25, -0.2) is 0 Å². The van der Waals surface area contributed by atoms with Crippen molar-refractivity contribution < 1.29 is 0 Å². The second kappa shape index (κ2) is 7.03. The third kappa shape index (κ3) is 4.05. The van der Waals surface area contributed by atoms with Crippen molar-refractivity contribution in [3.05, 3.63) is 18.5 Å². The first kappa shape index (κ1) is 12.9. The summed E-state index contributed by atoms with van der Waals surface area (Å²) in [6.45, 7) is 4.58. The van der Waals surface area contributed by atoms with Crippen molar-refractivity contribution in [1.29, 1.82) is 0 Å². The summed E-state index contributed by atoms with van der Waals surface area (Å²) in [5.41, 5.74) is 0. The van der Waals surface area contributed by atoms with Gasteiger partial charge in [-0.1, -0.05) is 12.8 Å². The van der Waals surface area contributed by atoms with Crippen molar-refractivity contribution in [2.45, 2.75) is 45.2 Å². The molecule has 1 aliphatic carbocycles. The lowest BCUT2D eigenvalue weighted by Crippen LogP contribution is -2.42. The Balaban J connectivity index is 1.79. The van der Waals surface area contributed by atoms with E-state index in [1.54, 1.807) is 6.20 Å². The van der Waals surface area contributed by atoms with Crippen LogP contribution in [-0.4, -0.2) is 34.9 Å². The largest absolute Gasteiger partial charge is 0.357 e. The van der Waals surface area contributed by atoms with Crippen molar-refractivity contribution >= 4 is 5.96 Å². The summed E-state index contributed by atoms with van der Waals surface area (Å²) in [5.74, 6) is 0.941. The summed E-state index contributed by atoms with van der Waals surface area (Å²) >= 11 is 0. The van der Waals surface area contributed by atoms with Gasteiger partial charge in [0, 0.05) is 25.0 Å². The van der Waals surface area contributed by atoms with Gasteiger partial charge in [-0.15, -0.1) is 0 Å². The van der Waals surface area contributed by atoms with Crippen molar-refractivity contribution in [1.82, 2.24) is 20.4 Å². The number of guanidine groups is 1. The number of hydrogen-bond acceptors (Lipinski definition) is 2. The molecule has 0 radical (unpaired) electrons. The zero-order valence-electron chi connectivity index (χ0n) is 11.1. The van der Waals surface area contributed by atoms with Crippen LogP contribution < -0.4 is 10.6 Å². The maximum absolute atomic E-state index is 4.59. The highest BCUT2D eigenvalue weighted by atomic mass is 15.3. The molecule has 0 amide bonds. The summed E-state index contributed by atoms with van der Waals surface area (Å²) in [7, 11) is 0. The quantitative estimate of drug-likeness (QED) is 0.612. The van der Waals surface area contributed by atoms with Crippen LogP contribution in [0.5, 0.6) is 0 Å². The molecule has 5 heteroatoms. The molecule has 0 spiro atoms. The smallest absolute Gasteiger partial charge is 0.191 e. The SMILES string of the molecule is CCNC(=NCCn1cccn1)NC1CCCC1. The molecule has 1 fully saturated rings. The molecule has 18 heavy (non-hydrogen) atoms. The summed E-state index contributed by atoms with van der Waals surface area (Å²) in [5, 5.41) is 11.0. The number of aromatic nitrogens is 2. The van der Waals surface area contributed by atoms with E-state index in [1.165, 1.54) is 25.7 Å². The van der Waals surface area contributed by atoms with E-state index >= 15 is 0 Å². The molecule has 1 saturated carbocycles. The standard InChI is InChI=1S/C13H23N5/c1-2-14-13(17-12-6-3-4-7-12)15-9-11-18-10-5-8-16-18/h5,8,10,12H,2-4,6-7,9,11H2,1H3,(H2,14,15,17). The van der Waals surface area contributed by atoms with Gasteiger partial charge in [-0.3, -0.25) is 9.67 Å². The topological polar surface area (TPSA) is 54.2 Å². The first-order valence-corrected chi connectivity index (χ1v) is 6.90. The highest BCUT2D eigenvalue weighted by Gasteiger charge is 2.15. The molecule has 0 atom stereocenters. The fraction of sp³-hybridized carbons (Fsp3) is 0.692. The highest BCUT2D eigenvalue weighted by molar-refractivity contribution is 5.80. The van der Waals surface area contributed by atoms with Gasteiger partial charge in [-0.2, -0.15) is 5.10 Å². The highest BCUT2D eigenvalue weighted by Crippen LogP contribution is 2.17. The van der Waals surface area contributed by atoms with Crippen LogP contribution in [0.25, 0.3) is 0 Å². The summed E-state index contributed by atoms with van der Waals surface area (Å²) in [6, 6.07) is 2.54. The molecular weight excluding hydrogens is 226 g/mol. The predicted octanol–water partition coefficient (Wildman–Crippen LogP) is 1.38. The molecular formula is C13H23N5. The lowest BCUT2D eigenvalue weighted by Gasteiger charge is -2.16. The van der Waals surface area contributed by atoms with E-state index in [0.717, 1.165) is 25.6 Å². The molecule has 0 saturated heterocycles. The molecule has 1 heterocycles. The molecule has 0 bridgehead atoms. The van der Waals surface area contributed by atoms with E-state index in [1.807, 2.05) is 16.9 Å². The monoisotopic (exact) mass is 249 g/mol. The van der Waals surface area contributed by atoms with Gasteiger partial charge in [-0.05, 0) is 25.8 Å². The van der Waals surface area contributed by atoms with E-state index in [4.69, 9.17) is 0 Å². The molecule has 1 aliphatic rings. The normalized spacial score (nSPS) is 17.1. The predicted molar refractivity (Wildman–Crippen MR) is 73.6 cm³/mol. The zero-order chi connectivity index (χ0) is 12.6. The molecule has 100 valence electrons. The Labute approximate surface area is 109 Å². The Kier molecular flexibility index (Phi) is 5.05. The lowest BCUT2D eigenvalue weighted by molar-refractivity contribution is 0.599. The van der Waals surface area contributed by atoms with Crippen LogP contribution in [0.4, 0.5) is 0 Å². The van der Waals surface area contributed by atoms with Crippen LogP contribution in [-0.2, 0) is 6.54 Å². The van der Waals surface area contributed by atoms with E-state index in [2.05, 4.69) is 27.6 Å². The fourth-order valence-electron chi connectivity index (χ4n) is 2.28. The van der Waals surface area contributed by atoms with Gasteiger partial charge in [0.1, 0.15) is 0 Å². The van der Waals surface area contributed by atoms with Gasteiger partial charge in [0.25, 0.3) is 0 Å². The molecule has 2 N–H and O–H groups in total. The third-order valence-electron chi connectivity index (χ3n) is 3.20. The number of aliphatic imine (C=N–C) groups is 1. The van der Waals surface area contributed by atoms with Crippen molar-refractivity contribution in [3.63, 3.8) is 0 Å². The second-order valence-corrected chi connectivity index (χ2v) is 4.66. The van der Waals surface area contributed by atoms with Gasteiger partial charge in [0.05, 0.1) is 13.1 Å². The number of nitrogens with one attached hydrogen (secondary N) is 2. The summed E-state index contributed by atoms with van der Waals surface area (Å²) < 4.78 is 1.91. The second-order valence-electron chi connectivity index (χ2n) is 4.66. The average Bonchev–Trinajstić information content (AvgIpc) is 3.02. The van der Waals surface area contributed by atoms with Crippen LogP contribution in [0.1, 0.15) is 32.6 Å². The van der Waals surface area contributed by atoms with E-state index in [0.29, 0.717) is 6.04 Å². The van der Waals surface area contributed by atoms with Crippen LogP contribution in [0.2, 0.25) is 0 Å². The molecule has 1 aromatic rings. The minimum Gasteiger partial charge on any atom is -0.357 e. The van der Waals surface area contributed by atoms with Gasteiger partial charge >= 0.3 is 0 Å². The molecule has 5 nitrogen and oxygen atoms in total. The van der Waals surface area contributed by atoms with Crippen LogP contribution in [0.3, 0.4) is 0 Å². The fourth-order valence-corrected chi connectivity index (χ4v) is 2.28. The Morgan fingerprint density at radius 1 is 1.44 bits per heavy atom. The molecule has 1 aromatic heterocycles. The molecule has 0 unspecified atom stereocenters. The van der Waals surface area contributed by atoms with Crippen LogP contribution >= 0.6 is 0 Å². The van der Waals surface area contributed by atoms with Crippen molar-refractivity contribution in [3.8, 4) is 0 Å². The zero-order valence-corrected chi connectivity index (χ0v) is 11.1. The Bertz CT molecular complexity index is 351. The number of rotatable bonds is 5. The average molecular weight is 249 g/mol. The Morgan fingerprint density at radius 2 is 2.28 bits per heavy atom. The minimum atomic E-state index is 0.604. The van der Waals surface area contributed by atoms with E-state index in [9.17, 15) is 0 Å². The van der Waals surface area contributed by atoms with Crippen molar-refractivity contribution in [2.75, 3.05) is 13.1 Å². The Morgan fingerprint density at radius 3 is 2.94 bits per heavy atom. The number of nitrogens with zero attached hydrogens (tertiary/aromatic N) is 3. The van der Waals surface area contributed by atoms with Crippen molar-refractivity contribution in [2.24, 2.45) is 4.99 Å². The minimum absolute atomic E-state index is 0.604. The lowest BCUT2D eigenvalue weighted by atomic mass is 10.2. The third-order valence-corrected chi connectivity index (χ3v) is 3.20. The maximum atomic E-state index is 4.59. The van der Waals surface area contributed by atoms with Gasteiger partial charge < -0.3 is 10.6 Å². The van der Waals surface area contributed by atoms with E-state index in [-0.39, 0.29) is 0 Å². The Hall–Kier alpha value is -1.52. The molecule has 0 aliphatic heterocycles. The summed E-state index contributed by atoms with van der Waals surface area (Å²) in [6.07, 6.45) is 8.97. The van der Waals surface area contributed by atoms with Gasteiger partial charge in [0.15, 0.2) is 5.96 Å². The van der Waals surface area contributed by atoms with Crippen LogP contribution in [0, 0.1) is 0 Å². The first-order chi connectivity index (χ1) is 8.88. The number of hydrogen-bond donors (Lipinski definition) is 2. The van der Waals surface area contributed by atoms with E-state index < -0.39 is 0 Å². The van der Waals surface area contributed by atoms with Gasteiger partial charge in [0.2, 0.25) is 0 Å². The summed E-state index contributed by atoms with van der Waals surface area (Å²) in [4.78, 5) is 4.59. The van der Waals surface area contributed by atoms with Crippen LogP contribution in [0.15, 0.2) is 23.5 Å². The molecule has 2 rings (SSSR count).